The van der Waals surface area contributed by atoms with Gasteiger partial charge in [-0.05, 0) is 24.3 Å². The van der Waals surface area contributed by atoms with Crippen molar-refractivity contribution < 1.29 is 9.21 Å². The fourth-order valence-corrected chi connectivity index (χ4v) is 5.21. The fourth-order valence-electron chi connectivity index (χ4n) is 3.36. The van der Waals surface area contributed by atoms with E-state index in [4.69, 9.17) is 27.5 Å². The lowest BCUT2D eigenvalue weighted by atomic mass is 10.0. The molecule has 5 rings (SSSR count). The molecule has 5 aromatic rings. The van der Waals surface area contributed by atoms with E-state index in [1.165, 1.54) is 17.6 Å². The SMILES string of the molecule is N#Cc1c(N)nc2sc(C(=O)Nc3nc(-c4ccc(Cl)cc4)cs3)c(N)c2c1-c1ccco1. The Morgan fingerprint density at radius 3 is 2.67 bits per heavy atom. The van der Waals surface area contributed by atoms with Crippen LogP contribution >= 0.6 is 34.3 Å². The number of carbonyl (C=O) groups is 1. The van der Waals surface area contributed by atoms with Gasteiger partial charge in [0, 0.05) is 21.4 Å². The molecule has 0 fully saturated rings. The molecule has 8 nitrogen and oxygen atoms in total. The molecule has 1 amide bonds. The molecular weight excluding hydrogens is 480 g/mol. The second-order valence-corrected chi connectivity index (χ2v) is 9.15. The van der Waals surface area contributed by atoms with Crippen LogP contribution in [-0.4, -0.2) is 15.9 Å². The summed E-state index contributed by atoms with van der Waals surface area (Å²) >= 11 is 8.31. The number of aromatic nitrogens is 2. The third kappa shape index (κ3) is 3.68. The minimum atomic E-state index is -0.435. The Labute approximate surface area is 200 Å². The van der Waals surface area contributed by atoms with Crippen LogP contribution in [0.5, 0.6) is 0 Å². The number of nitrogens with one attached hydrogen (secondary N) is 1. The number of nitrogens with zero attached hydrogens (tertiary/aromatic N) is 3. The van der Waals surface area contributed by atoms with Crippen molar-refractivity contribution in [1.82, 2.24) is 9.97 Å². The summed E-state index contributed by atoms with van der Waals surface area (Å²) in [6.45, 7) is 0. The summed E-state index contributed by atoms with van der Waals surface area (Å²) in [5, 5.41) is 15.7. The van der Waals surface area contributed by atoms with Crippen molar-refractivity contribution in [3.8, 4) is 28.7 Å². The number of hydrogen-bond acceptors (Lipinski definition) is 9. The number of pyridine rings is 1. The summed E-state index contributed by atoms with van der Waals surface area (Å²) in [5.74, 6) is 0.0155. The topological polar surface area (TPSA) is 144 Å². The van der Waals surface area contributed by atoms with E-state index in [1.54, 1.807) is 24.3 Å². The third-order valence-electron chi connectivity index (χ3n) is 4.85. The van der Waals surface area contributed by atoms with Crippen LogP contribution < -0.4 is 16.8 Å². The number of benzene rings is 1. The third-order valence-corrected chi connectivity index (χ3v) is 6.96. The number of rotatable bonds is 4. The first-order valence-corrected chi connectivity index (χ1v) is 11.5. The molecule has 162 valence electrons. The first-order chi connectivity index (χ1) is 16.0. The second kappa shape index (κ2) is 8.22. The van der Waals surface area contributed by atoms with Gasteiger partial charge in [-0.25, -0.2) is 9.97 Å². The molecule has 0 unspecified atom stereocenters. The number of thiophene rings is 1. The van der Waals surface area contributed by atoms with Crippen molar-refractivity contribution in [3.05, 3.63) is 63.5 Å². The molecule has 0 aliphatic heterocycles. The molecule has 33 heavy (non-hydrogen) atoms. The van der Waals surface area contributed by atoms with Gasteiger partial charge in [0.25, 0.3) is 5.91 Å². The first-order valence-electron chi connectivity index (χ1n) is 9.44. The summed E-state index contributed by atoms with van der Waals surface area (Å²) in [5.41, 5.74) is 14.7. The minimum absolute atomic E-state index is 0.0390. The normalized spacial score (nSPS) is 10.9. The van der Waals surface area contributed by atoms with Gasteiger partial charge in [-0.3, -0.25) is 10.1 Å². The molecule has 0 radical (unpaired) electrons. The average molecular weight is 493 g/mol. The summed E-state index contributed by atoms with van der Waals surface area (Å²) in [6.07, 6.45) is 1.48. The van der Waals surface area contributed by atoms with Crippen LogP contribution in [0.2, 0.25) is 5.02 Å². The highest BCUT2D eigenvalue weighted by Gasteiger charge is 2.25. The predicted octanol–water partition coefficient (Wildman–Crippen LogP) is 5.62. The van der Waals surface area contributed by atoms with Gasteiger partial charge in [-0.1, -0.05) is 23.7 Å². The van der Waals surface area contributed by atoms with Crippen LogP contribution in [0.3, 0.4) is 0 Å². The number of fused-ring (bicyclic) bond motifs is 1. The molecule has 0 atom stereocenters. The highest BCUT2D eigenvalue weighted by molar-refractivity contribution is 7.21. The van der Waals surface area contributed by atoms with Crippen LogP contribution in [0.4, 0.5) is 16.6 Å². The summed E-state index contributed by atoms with van der Waals surface area (Å²) in [7, 11) is 0. The molecule has 0 aliphatic rings. The first kappa shape index (κ1) is 21.0. The smallest absolute Gasteiger partial charge is 0.269 e. The van der Waals surface area contributed by atoms with Crippen LogP contribution in [0.1, 0.15) is 15.2 Å². The number of furan rings is 1. The fraction of sp³-hybridized carbons (Fsp3) is 0. The molecule has 0 bridgehead atoms. The van der Waals surface area contributed by atoms with Crippen molar-refractivity contribution in [1.29, 1.82) is 5.26 Å². The van der Waals surface area contributed by atoms with Gasteiger partial charge in [-0.15, -0.1) is 22.7 Å². The largest absolute Gasteiger partial charge is 0.464 e. The quantitative estimate of drug-likeness (QED) is 0.295. The van der Waals surface area contributed by atoms with E-state index >= 15 is 0 Å². The van der Waals surface area contributed by atoms with E-state index in [2.05, 4.69) is 21.4 Å². The van der Waals surface area contributed by atoms with Crippen LogP contribution in [0.25, 0.3) is 32.8 Å². The number of nitriles is 1. The zero-order valence-corrected chi connectivity index (χ0v) is 19.0. The van der Waals surface area contributed by atoms with Crippen molar-refractivity contribution >= 4 is 67.0 Å². The molecule has 0 aliphatic carbocycles. The number of anilines is 3. The Bertz CT molecular complexity index is 1550. The number of halogens is 1. The minimum Gasteiger partial charge on any atom is -0.464 e. The number of hydrogen-bond donors (Lipinski definition) is 3. The lowest BCUT2D eigenvalue weighted by Crippen LogP contribution is -2.11. The monoisotopic (exact) mass is 492 g/mol. The second-order valence-electron chi connectivity index (χ2n) is 6.86. The van der Waals surface area contributed by atoms with Gasteiger partial charge in [0.15, 0.2) is 5.13 Å². The van der Waals surface area contributed by atoms with E-state index < -0.39 is 5.91 Å². The highest BCUT2D eigenvalue weighted by Crippen LogP contribution is 2.43. The van der Waals surface area contributed by atoms with Gasteiger partial charge in [0.1, 0.15) is 32.9 Å². The van der Waals surface area contributed by atoms with Crippen LogP contribution in [-0.2, 0) is 0 Å². The summed E-state index contributed by atoms with van der Waals surface area (Å²) in [6, 6.07) is 12.7. The van der Waals surface area contributed by atoms with Gasteiger partial charge >= 0.3 is 0 Å². The average Bonchev–Trinajstić information content (AvgIpc) is 3.54. The van der Waals surface area contributed by atoms with Crippen molar-refractivity contribution in [2.45, 2.75) is 0 Å². The Hall–Kier alpha value is -3.91. The van der Waals surface area contributed by atoms with E-state index in [-0.39, 0.29) is 21.9 Å². The molecule has 4 aromatic heterocycles. The standard InChI is InChI=1S/C22H13ClN6O2S2/c23-11-5-3-10(4-6-11)13-9-32-22(27-13)29-20(30)18-17(25)16-15(14-2-1-7-31-14)12(8-24)19(26)28-21(16)33-18/h1-7,9H,25H2,(H2,26,28)(H,27,29,30). The van der Waals surface area contributed by atoms with E-state index in [0.29, 0.717) is 37.4 Å². The Kier molecular flexibility index (Phi) is 5.22. The van der Waals surface area contributed by atoms with E-state index in [0.717, 1.165) is 16.9 Å². The van der Waals surface area contributed by atoms with E-state index in [9.17, 15) is 10.1 Å². The Morgan fingerprint density at radius 2 is 1.97 bits per heavy atom. The Morgan fingerprint density at radius 1 is 1.18 bits per heavy atom. The molecule has 1 aromatic carbocycles. The molecule has 0 saturated carbocycles. The predicted molar refractivity (Wildman–Crippen MR) is 131 cm³/mol. The summed E-state index contributed by atoms with van der Waals surface area (Å²) < 4.78 is 5.50. The lowest BCUT2D eigenvalue weighted by Gasteiger charge is -2.06. The maximum Gasteiger partial charge on any atom is 0.269 e. The van der Waals surface area contributed by atoms with Gasteiger partial charge in [0.05, 0.1) is 23.2 Å². The van der Waals surface area contributed by atoms with Gasteiger partial charge in [0.2, 0.25) is 0 Å². The zero-order valence-electron chi connectivity index (χ0n) is 16.6. The van der Waals surface area contributed by atoms with E-state index in [1.807, 2.05) is 17.5 Å². The maximum absolute atomic E-state index is 13.1. The molecule has 4 heterocycles. The van der Waals surface area contributed by atoms with Gasteiger partial charge < -0.3 is 15.9 Å². The number of amides is 1. The summed E-state index contributed by atoms with van der Waals surface area (Å²) in [4.78, 5) is 22.5. The van der Waals surface area contributed by atoms with Crippen molar-refractivity contribution in [3.63, 3.8) is 0 Å². The maximum atomic E-state index is 13.1. The molecule has 5 N–H and O–H groups in total. The number of thiazole rings is 1. The lowest BCUT2D eigenvalue weighted by molar-refractivity contribution is 0.103. The van der Waals surface area contributed by atoms with Crippen molar-refractivity contribution in [2.75, 3.05) is 16.8 Å². The molecule has 11 heteroatoms. The van der Waals surface area contributed by atoms with Gasteiger partial charge in [-0.2, -0.15) is 5.26 Å². The van der Waals surface area contributed by atoms with Crippen LogP contribution in [0.15, 0.2) is 52.5 Å². The van der Waals surface area contributed by atoms with Crippen molar-refractivity contribution in [2.24, 2.45) is 0 Å². The number of nitrogens with two attached hydrogens (primary N) is 2. The van der Waals surface area contributed by atoms with Crippen LogP contribution in [0, 0.1) is 11.3 Å². The Balaban J connectivity index is 1.53. The molecular formula is C22H13ClN6O2S2. The zero-order chi connectivity index (χ0) is 23.1. The molecule has 0 saturated heterocycles. The molecule has 0 spiro atoms. The number of carbonyl (C=O) groups excluding carboxylic acids is 1. The highest BCUT2D eigenvalue weighted by atomic mass is 35.5. The number of nitrogen functional groups attached to an aromatic ring is 2.